The third-order valence-electron chi connectivity index (χ3n) is 4.84. The first-order valence-electron chi connectivity index (χ1n) is 9.91. The van der Waals surface area contributed by atoms with E-state index in [0.29, 0.717) is 17.3 Å². The van der Waals surface area contributed by atoms with E-state index in [1.54, 1.807) is 14.2 Å². The van der Waals surface area contributed by atoms with Gasteiger partial charge in [-0.05, 0) is 46.5 Å². The highest BCUT2D eigenvalue weighted by molar-refractivity contribution is 5.93. The summed E-state index contributed by atoms with van der Waals surface area (Å²) in [5.41, 5.74) is 3.02. The van der Waals surface area contributed by atoms with Gasteiger partial charge in [-0.3, -0.25) is 0 Å². The van der Waals surface area contributed by atoms with E-state index in [0.717, 1.165) is 48.2 Å². The molecule has 0 saturated carbocycles. The van der Waals surface area contributed by atoms with E-state index < -0.39 is 0 Å². The number of benzene rings is 2. The molecule has 0 aliphatic rings. The number of hydrogen-bond donors (Lipinski definition) is 1. The monoisotopic (exact) mass is 394 g/mol. The average molecular weight is 395 g/mol. The molecule has 0 fully saturated rings. The quantitative estimate of drug-likeness (QED) is 0.544. The number of anilines is 1. The van der Waals surface area contributed by atoms with Crippen LogP contribution in [0.4, 0.5) is 5.82 Å². The lowest BCUT2D eigenvalue weighted by atomic mass is 10.1. The highest BCUT2D eigenvalue weighted by Crippen LogP contribution is 2.35. The molecular formula is C23H30N4O2. The molecule has 0 unspecified atom stereocenters. The maximum absolute atomic E-state index is 5.48. The van der Waals surface area contributed by atoms with Crippen LogP contribution >= 0.6 is 0 Å². The smallest absolute Gasteiger partial charge is 0.162 e. The number of fused-ring (bicyclic) bond motifs is 1. The Labute approximate surface area is 172 Å². The molecule has 0 bridgehead atoms. The summed E-state index contributed by atoms with van der Waals surface area (Å²) in [6.45, 7) is 4.00. The average Bonchev–Trinajstić information content (AvgIpc) is 2.72. The molecule has 6 nitrogen and oxygen atoms in total. The largest absolute Gasteiger partial charge is 0.493 e. The van der Waals surface area contributed by atoms with Crippen LogP contribution in [-0.4, -0.2) is 56.3 Å². The predicted molar refractivity (Wildman–Crippen MR) is 119 cm³/mol. The van der Waals surface area contributed by atoms with Gasteiger partial charge < -0.3 is 19.7 Å². The van der Waals surface area contributed by atoms with Crippen molar-refractivity contribution in [3.63, 3.8) is 0 Å². The molecule has 6 heteroatoms. The molecule has 2 aromatic carbocycles. The third kappa shape index (κ3) is 5.15. The van der Waals surface area contributed by atoms with Crippen molar-refractivity contribution in [3.8, 4) is 22.9 Å². The van der Waals surface area contributed by atoms with Crippen molar-refractivity contribution in [2.75, 3.05) is 46.7 Å². The Bertz CT molecular complexity index is 955. The summed E-state index contributed by atoms with van der Waals surface area (Å²) < 4.78 is 11.0. The zero-order valence-electron chi connectivity index (χ0n) is 18.0. The topological polar surface area (TPSA) is 59.5 Å². The minimum atomic E-state index is 0.658. The number of aryl methyl sites for hydroxylation is 1. The van der Waals surface area contributed by atoms with Crippen molar-refractivity contribution in [2.24, 2.45) is 0 Å². The van der Waals surface area contributed by atoms with Crippen LogP contribution in [0.2, 0.25) is 0 Å². The lowest BCUT2D eigenvalue weighted by molar-refractivity contribution is 0.356. The second kappa shape index (κ2) is 9.56. The number of methoxy groups -OCH3 is 2. The van der Waals surface area contributed by atoms with Gasteiger partial charge >= 0.3 is 0 Å². The van der Waals surface area contributed by atoms with Crippen molar-refractivity contribution in [1.82, 2.24) is 14.9 Å². The van der Waals surface area contributed by atoms with E-state index in [-0.39, 0.29) is 0 Å². The normalized spacial score (nSPS) is 11.1. The molecule has 154 valence electrons. The lowest BCUT2D eigenvalue weighted by Gasteiger charge is -2.14. The highest BCUT2D eigenvalue weighted by Gasteiger charge is 2.14. The minimum Gasteiger partial charge on any atom is -0.493 e. The molecule has 1 aromatic heterocycles. The second-order valence-electron chi connectivity index (χ2n) is 7.42. The van der Waals surface area contributed by atoms with E-state index in [2.05, 4.69) is 55.5 Å². The summed E-state index contributed by atoms with van der Waals surface area (Å²) in [5, 5.41) is 4.43. The summed E-state index contributed by atoms with van der Waals surface area (Å²) in [6.07, 6.45) is 2.20. The number of rotatable bonds is 9. The summed E-state index contributed by atoms with van der Waals surface area (Å²) in [4.78, 5) is 11.8. The van der Waals surface area contributed by atoms with E-state index in [1.807, 2.05) is 12.1 Å². The zero-order valence-corrected chi connectivity index (χ0v) is 18.0. The first-order valence-corrected chi connectivity index (χ1v) is 9.91. The van der Waals surface area contributed by atoms with E-state index >= 15 is 0 Å². The van der Waals surface area contributed by atoms with Crippen LogP contribution in [0.15, 0.2) is 36.4 Å². The molecule has 0 radical (unpaired) electrons. The van der Waals surface area contributed by atoms with E-state index in [1.165, 1.54) is 5.56 Å². The van der Waals surface area contributed by atoms with Gasteiger partial charge in [-0.1, -0.05) is 29.8 Å². The maximum Gasteiger partial charge on any atom is 0.162 e. The van der Waals surface area contributed by atoms with Gasteiger partial charge in [0.15, 0.2) is 17.3 Å². The van der Waals surface area contributed by atoms with Crippen LogP contribution in [-0.2, 0) is 0 Å². The molecule has 0 atom stereocenters. The number of ether oxygens (including phenoxy) is 2. The molecule has 1 heterocycles. The standard InChI is InChI=1S/C23H30N4O2/c1-16-8-10-17(11-9-16)22-25-19-15-21(29-5)20(28-4)14-18(19)23(26-22)24-12-6-7-13-27(2)3/h8-11,14-15H,6-7,12-13H2,1-5H3,(H,24,25,26). The molecule has 3 rings (SSSR count). The minimum absolute atomic E-state index is 0.658. The third-order valence-corrected chi connectivity index (χ3v) is 4.84. The van der Waals surface area contributed by atoms with Gasteiger partial charge in [0.25, 0.3) is 0 Å². The van der Waals surface area contributed by atoms with Gasteiger partial charge in [0, 0.05) is 23.6 Å². The predicted octanol–water partition coefficient (Wildman–Crippen LogP) is 4.38. The molecule has 0 aliphatic carbocycles. The zero-order chi connectivity index (χ0) is 20.8. The van der Waals surface area contributed by atoms with Crippen LogP contribution in [0.5, 0.6) is 11.5 Å². The Kier molecular flexibility index (Phi) is 6.88. The van der Waals surface area contributed by atoms with Gasteiger partial charge in [0.2, 0.25) is 0 Å². The van der Waals surface area contributed by atoms with Crippen molar-refractivity contribution in [3.05, 3.63) is 42.0 Å². The molecule has 0 aliphatic heterocycles. The summed E-state index contributed by atoms with van der Waals surface area (Å²) >= 11 is 0. The first kappa shape index (κ1) is 20.9. The first-order chi connectivity index (χ1) is 14.0. The van der Waals surface area contributed by atoms with Crippen molar-refractivity contribution in [1.29, 1.82) is 0 Å². The fourth-order valence-corrected chi connectivity index (χ4v) is 3.18. The molecule has 0 amide bonds. The van der Waals surface area contributed by atoms with Gasteiger partial charge in [-0.15, -0.1) is 0 Å². The Morgan fingerprint density at radius 2 is 1.62 bits per heavy atom. The summed E-state index contributed by atoms with van der Waals surface area (Å²) in [6, 6.07) is 12.1. The molecule has 1 N–H and O–H groups in total. The Morgan fingerprint density at radius 1 is 0.931 bits per heavy atom. The number of unbranched alkanes of at least 4 members (excludes halogenated alkanes) is 1. The molecule has 29 heavy (non-hydrogen) atoms. The molecule has 0 saturated heterocycles. The lowest BCUT2D eigenvalue weighted by Crippen LogP contribution is -2.14. The second-order valence-corrected chi connectivity index (χ2v) is 7.42. The number of aromatic nitrogens is 2. The van der Waals surface area contributed by atoms with Gasteiger partial charge in [0.1, 0.15) is 5.82 Å². The van der Waals surface area contributed by atoms with Gasteiger partial charge in [0.05, 0.1) is 19.7 Å². The maximum atomic E-state index is 5.48. The van der Waals surface area contributed by atoms with Crippen LogP contribution in [0.1, 0.15) is 18.4 Å². The van der Waals surface area contributed by atoms with Crippen LogP contribution in [0.3, 0.4) is 0 Å². The van der Waals surface area contributed by atoms with Gasteiger partial charge in [-0.25, -0.2) is 9.97 Å². The van der Waals surface area contributed by atoms with Crippen LogP contribution < -0.4 is 14.8 Å². The van der Waals surface area contributed by atoms with E-state index in [9.17, 15) is 0 Å². The van der Waals surface area contributed by atoms with Crippen molar-refractivity contribution >= 4 is 16.7 Å². The highest BCUT2D eigenvalue weighted by atomic mass is 16.5. The Hall–Kier alpha value is -2.86. The van der Waals surface area contributed by atoms with E-state index in [4.69, 9.17) is 19.4 Å². The number of hydrogen-bond acceptors (Lipinski definition) is 6. The fraction of sp³-hybridized carbons (Fsp3) is 0.391. The van der Waals surface area contributed by atoms with Gasteiger partial charge in [-0.2, -0.15) is 0 Å². The molecule has 3 aromatic rings. The van der Waals surface area contributed by atoms with Crippen molar-refractivity contribution < 1.29 is 9.47 Å². The fourth-order valence-electron chi connectivity index (χ4n) is 3.18. The number of nitrogens with one attached hydrogen (secondary N) is 1. The van der Waals surface area contributed by atoms with Crippen LogP contribution in [0, 0.1) is 6.92 Å². The summed E-state index contributed by atoms with van der Waals surface area (Å²) in [5.74, 6) is 2.84. The summed E-state index contributed by atoms with van der Waals surface area (Å²) in [7, 11) is 7.47. The van der Waals surface area contributed by atoms with Crippen LogP contribution in [0.25, 0.3) is 22.3 Å². The molecular weight excluding hydrogens is 364 g/mol. The Morgan fingerprint density at radius 3 is 2.28 bits per heavy atom. The Balaban J connectivity index is 1.98. The number of nitrogens with zero attached hydrogens (tertiary/aromatic N) is 3. The van der Waals surface area contributed by atoms with Crippen molar-refractivity contribution in [2.45, 2.75) is 19.8 Å². The SMILES string of the molecule is COc1cc2nc(-c3ccc(C)cc3)nc(NCCCCN(C)C)c2cc1OC. The molecule has 0 spiro atoms.